The van der Waals surface area contributed by atoms with Gasteiger partial charge in [-0.05, 0) is 54.7 Å². The lowest BCUT2D eigenvalue weighted by Gasteiger charge is -2.15. The molecule has 3 N–H and O–H groups in total. The second kappa shape index (κ2) is 7.09. The maximum atomic E-state index is 10.9. The Labute approximate surface area is 130 Å². The van der Waals surface area contributed by atoms with Gasteiger partial charge in [-0.1, -0.05) is 30.3 Å². The van der Waals surface area contributed by atoms with Gasteiger partial charge < -0.3 is 15.6 Å². The van der Waals surface area contributed by atoms with Crippen LogP contribution in [-0.4, -0.2) is 17.1 Å². The molecule has 22 heavy (non-hydrogen) atoms. The minimum absolute atomic E-state index is 0.325. The van der Waals surface area contributed by atoms with Gasteiger partial charge in [-0.15, -0.1) is 0 Å². The zero-order valence-corrected chi connectivity index (χ0v) is 12.9. The van der Waals surface area contributed by atoms with E-state index in [0.717, 1.165) is 28.0 Å². The van der Waals surface area contributed by atoms with Crippen LogP contribution in [0.5, 0.6) is 5.75 Å². The van der Waals surface area contributed by atoms with E-state index in [1.54, 1.807) is 0 Å². The van der Waals surface area contributed by atoms with Gasteiger partial charge in [-0.2, -0.15) is 0 Å². The van der Waals surface area contributed by atoms with Crippen LogP contribution < -0.4 is 10.5 Å². The number of hydrogen-bond donors (Lipinski definition) is 2. The lowest BCUT2D eigenvalue weighted by molar-refractivity contribution is -0.138. The average molecular weight is 299 g/mol. The number of hydrogen-bond acceptors (Lipinski definition) is 3. The number of aryl methyl sites for hydroxylation is 2. The Hall–Kier alpha value is -2.33. The van der Waals surface area contributed by atoms with Crippen LogP contribution in [0.3, 0.4) is 0 Å². The third kappa shape index (κ3) is 4.09. The molecule has 0 aromatic heterocycles. The van der Waals surface area contributed by atoms with Crippen LogP contribution in [0.1, 0.15) is 22.3 Å². The molecule has 4 nitrogen and oxygen atoms in total. The van der Waals surface area contributed by atoms with E-state index < -0.39 is 12.0 Å². The van der Waals surface area contributed by atoms with Crippen molar-refractivity contribution in [1.82, 2.24) is 0 Å². The number of carbonyl (C=O) groups is 1. The fourth-order valence-corrected chi connectivity index (χ4v) is 2.41. The summed E-state index contributed by atoms with van der Waals surface area (Å²) in [4.78, 5) is 10.9. The fraction of sp³-hybridized carbons (Fsp3) is 0.278. The standard InChI is InChI=1S/C18H21NO3/c1-12-8-15(22-11-14-6-4-3-5-7-14)9-13(2)16(12)10-17(19)18(20)21/h3-9,17H,10-11,19H2,1-2H3,(H,20,21)/t17-/m0/s1. The summed E-state index contributed by atoms with van der Waals surface area (Å²) < 4.78 is 5.81. The van der Waals surface area contributed by atoms with E-state index in [-0.39, 0.29) is 0 Å². The van der Waals surface area contributed by atoms with Gasteiger partial charge in [0.25, 0.3) is 0 Å². The molecule has 0 unspecified atom stereocenters. The molecule has 0 fully saturated rings. The van der Waals surface area contributed by atoms with Gasteiger partial charge in [0, 0.05) is 0 Å². The molecule has 0 aliphatic heterocycles. The maximum Gasteiger partial charge on any atom is 0.320 e. The second-order valence-corrected chi connectivity index (χ2v) is 5.46. The quantitative estimate of drug-likeness (QED) is 0.860. The van der Waals surface area contributed by atoms with Gasteiger partial charge in [0.15, 0.2) is 0 Å². The molecule has 2 aromatic carbocycles. The predicted molar refractivity (Wildman–Crippen MR) is 86.0 cm³/mol. The lowest BCUT2D eigenvalue weighted by atomic mass is 9.96. The van der Waals surface area contributed by atoms with Crippen LogP contribution in [0.25, 0.3) is 0 Å². The zero-order valence-electron chi connectivity index (χ0n) is 12.9. The van der Waals surface area contributed by atoms with E-state index in [9.17, 15) is 4.79 Å². The molecule has 0 saturated heterocycles. The van der Waals surface area contributed by atoms with Crippen molar-refractivity contribution in [1.29, 1.82) is 0 Å². The fourth-order valence-electron chi connectivity index (χ4n) is 2.41. The number of carboxylic acid groups (broad SMARTS) is 1. The average Bonchev–Trinajstić information content (AvgIpc) is 2.49. The SMILES string of the molecule is Cc1cc(OCc2ccccc2)cc(C)c1C[C@H](N)C(=O)O. The van der Waals surface area contributed by atoms with Gasteiger partial charge in [-0.25, -0.2) is 0 Å². The molecule has 4 heteroatoms. The Morgan fingerprint density at radius 3 is 2.32 bits per heavy atom. The minimum Gasteiger partial charge on any atom is -0.489 e. The Morgan fingerprint density at radius 1 is 1.18 bits per heavy atom. The van der Waals surface area contributed by atoms with Crippen LogP contribution in [0, 0.1) is 13.8 Å². The number of ether oxygens (including phenoxy) is 1. The molecule has 0 amide bonds. The summed E-state index contributed by atoms with van der Waals surface area (Å²) in [6.45, 7) is 4.41. The topological polar surface area (TPSA) is 72.5 Å². The summed E-state index contributed by atoms with van der Waals surface area (Å²) in [5, 5.41) is 8.94. The van der Waals surface area contributed by atoms with Crippen molar-refractivity contribution in [2.75, 3.05) is 0 Å². The van der Waals surface area contributed by atoms with Crippen molar-refractivity contribution < 1.29 is 14.6 Å². The Morgan fingerprint density at radius 2 is 1.77 bits per heavy atom. The van der Waals surface area contributed by atoms with Crippen molar-refractivity contribution in [2.45, 2.75) is 32.9 Å². The van der Waals surface area contributed by atoms with E-state index >= 15 is 0 Å². The number of benzene rings is 2. The molecule has 0 aliphatic carbocycles. The highest BCUT2D eigenvalue weighted by atomic mass is 16.5. The lowest BCUT2D eigenvalue weighted by Crippen LogP contribution is -2.32. The molecule has 0 spiro atoms. The molecule has 116 valence electrons. The first-order valence-corrected chi connectivity index (χ1v) is 7.22. The van der Waals surface area contributed by atoms with Crippen LogP contribution in [-0.2, 0) is 17.8 Å². The smallest absolute Gasteiger partial charge is 0.320 e. The molecule has 0 bridgehead atoms. The van der Waals surface area contributed by atoms with E-state index in [4.69, 9.17) is 15.6 Å². The van der Waals surface area contributed by atoms with E-state index in [0.29, 0.717) is 13.0 Å². The second-order valence-electron chi connectivity index (χ2n) is 5.46. The van der Waals surface area contributed by atoms with Crippen molar-refractivity contribution in [3.05, 3.63) is 64.7 Å². The van der Waals surface area contributed by atoms with Gasteiger partial charge in [0.2, 0.25) is 0 Å². The number of nitrogens with two attached hydrogens (primary N) is 1. The molecule has 1 atom stereocenters. The van der Waals surface area contributed by atoms with Gasteiger partial charge in [0.05, 0.1) is 0 Å². The Bertz CT molecular complexity index is 630. The molecule has 2 rings (SSSR count). The van der Waals surface area contributed by atoms with E-state index in [1.807, 2.05) is 56.3 Å². The van der Waals surface area contributed by atoms with Crippen LogP contribution in [0.4, 0.5) is 0 Å². The maximum absolute atomic E-state index is 10.9. The van der Waals surface area contributed by atoms with Crippen molar-refractivity contribution in [3.8, 4) is 5.75 Å². The number of aliphatic carboxylic acids is 1. The Kier molecular flexibility index (Phi) is 5.17. The van der Waals surface area contributed by atoms with Gasteiger partial charge in [0.1, 0.15) is 18.4 Å². The summed E-state index contributed by atoms with van der Waals surface area (Å²) in [6.07, 6.45) is 0.325. The predicted octanol–water partition coefficient (Wildman–Crippen LogP) is 2.84. The first kappa shape index (κ1) is 16.0. The highest BCUT2D eigenvalue weighted by molar-refractivity contribution is 5.73. The minimum atomic E-state index is -0.983. The highest BCUT2D eigenvalue weighted by Crippen LogP contribution is 2.23. The van der Waals surface area contributed by atoms with Crippen molar-refractivity contribution in [2.24, 2.45) is 5.73 Å². The van der Waals surface area contributed by atoms with Gasteiger partial charge >= 0.3 is 5.97 Å². The molecular formula is C18H21NO3. The molecule has 0 heterocycles. The summed E-state index contributed by atoms with van der Waals surface area (Å²) in [5.41, 5.74) is 9.71. The first-order valence-electron chi connectivity index (χ1n) is 7.22. The molecule has 0 radical (unpaired) electrons. The normalized spacial score (nSPS) is 12.0. The summed E-state index contributed by atoms with van der Waals surface area (Å²) >= 11 is 0. The van der Waals surface area contributed by atoms with Gasteiger partial charge in [-0.3, -0.25) is 4.79 Å². The summed E-state index contributed by atoms with van der Waals surface area (Å²) in [5.74, 6) is -0.199. The third-order valence-electron chi connectivity index (χ3n) is 3.66. The molecule has 0 saturated carbocycles. The first-order chi connectivity index (χ1) is 10.5. The van der Waals surface area contributed by atoms with Crippen LogP contribution >= 0.6 is 0 Å². The zero-order chi connectivity index (χ0) is 16.1. The summed E-state index contributed by atoms with van der Waals surface area (Å²) in [7, 11) is 0. The third-order valence-corrected chi connectivity index (χ3v) is 3.66. The van der Waals surface area contributed by atoms with Crippen molar-refractivity contribution >= 4 is 5.97 Å². The number of rotatable bonds is 6. The largest absolute Gasteiger partial charge is 0.489 e. The monoisotopic (exact) mass is 299 g/mol. The van der Waals surface area contributed by atoms with E-state index in [1.165, 1.54) is 0 Å². The molecular weight excluding hydrogens is 278 g/mol. The van der Waals surface area contributed by atoms with Crippen molar-refractivity contribution in [3.63, 3.8) is 0 Å². The van der Waals surface area contributed by atoms with Crippen LogP contribution in [0.2, 0.25) is 0 Å². The molecule has 0 aliphatic rings. The van der Waals surface area contributed by atoms with E-state index in [2.05, 4.69) is 0 Å². The molecule has 2 aromatic rings. The highest BCUT2D eigenvalue weighted by Gasteiger charge is 2.15. The number of carboxylic acids is 1. The Balaban J connectivity index is 2.10. The summed E-state index contributed by atoms with van der Waals surface area (Å²) in [6, 6.07) is 12.9. The van der Waals surface area contributed by atoms with Crippen LogP contribution in [0.15, 0.2) is 42.5 Å².